The number of para-hydroxylation sites is 1. The molecule has 194 valence electrons. The largest absolute Gasteiger partial charge is 0.457 e. The van der Waals surface area contributed by atoms with Crippen molar-refractivity contribution in [2.45, 2.75) is 23.3 Å². The summed E-state index contributed by atoms with van der Waals surface area (Å²) in [6.45, 7) is 2.11. The van der Waals surface area contributed by atoms with Gasteiger partial charge in [0.25, 0.3) is 0 Å². The van der Waals surface area contributed by atoms with Gasteiger partial charge in [0, 0.05) is 36.5 Å². The van der Waals surface area contributed by atoms with E-state index in [1.807, 2.05) is 66.7 Å². The van der Waals surface area contributed by atoms with Gasteiger partial charge in [-0.1, -0.05) is 78.9 Å². The topological polar surface area (TPSA) is 62.4 Å². The van der Waals surface area contributed by atoms with Crippen LogP contribution in [-0.2, 0) is 4.79 Å². The third kappa shape index (κ3) is 7.25. The first kappa shape index (κ1) is 26.0. The second kappa shape index (κ2) is 13.3. The van der Waals surface area contributed by atoms with Gasteiger partial charge in [-0.15, -0.1) is 0 Å². The van der Waals surface area contributed by atoms with Gasteiger partial charge in [0.1, 0.15) is 11.5 Å². The monoisotopic (exact) mass is 523 g/mol. The standard InChI is InChI=1S/C32H33N3O2S/c36-32(34-23-31(24-10-4-1-5-11-24)25-12-6-2-7-13-25)26-20-27(22-33-21-26)35-38-30-18-16-29(17-19-30)37-28-14-8-3-9-15-28/h1-19,26-27,31,33,35H,20-23H2,(H,34,36). The summed E-state index contributed by atoms with van der Waals surface area (Å²) in [7, 11) is 0. The fourth-order valence-corrected chi connectivity index (χ4v) is 5.48. The number of amides is 1. The minimum absolute atomic E-state index is 0.0734. The molecule has 1 aliphatic heterocycles. The zero-order valence-electron chi connectivity index (χ0n) is 21.3. The lowest BCUT2D eigenvalue weighted by molar-refractivity contribution is -0.125. The number of hydrogen-bond acceptors (Lipinski definition) is 5. The van der Waals surface area contributed by atoms with Crippen molar-refractivity contribution in [1.82, 2.24) is 15.4 Å². The number of nitrogens with one attached hydrogen (secondary N) is 3. The summed E-state index contributed by atoms with van der Waals surface area (Å²) in [5, 5.41) is 6.68. The van der Waals surface area contributed by atoms with E-state index in [1.54, 1.807) is 11.9 Å². The second-order valence-electron chi connectivity index (χ2n) is 9.51. The minimum Gasteiger partial charge on any atom is -0.457 e. The van der Waals surface area contributed by atoms with Gasteiger partial charge in [-0.3, -0.25) is 9.52 Å². The van der Waals surface area contributed by atoms with Crippen LogP contribution >= 0.6 is 11.9 Å². The van der Waals surface area contributed by atoms with Crippen LogP contribution in [0.2, 0.25) is 0 Å². The van der Waals surface area contributed by atoms with E-state index in [1.165, 1.54) is 11.1 Å². The zero-order valence-corrected chi connectivity index (χ0v) is 22.1. The van der Waals surface area contributed by atoms with Crippen LogP contribution in [0.25, 0.3) is 0 Å². The summed E-state index contributed by atoms with van der Waals surface area (Å²) >= 11 is 1.59. The molecule has 5 rings (SSSR count). The Hall–Kier alpha value is -3.58. The molecule has 0 aromatic heterocycles. The lowest BCUT2D eigenvalue weighted by Gasteiger charge is -2.30. The lowest BCUT2D eigenvalue weighted by atomic mass is 9.90. The van der Waals surface area contributed by atoms with Crippen LogP contribution in [0.15, 0.2) is 120 Å². The molecule has 5 nitrogen and oxygen atoms in total. The average molecular weight is 524 g/mol. The summed E-state index contributed by atoms with van der Waals surface area (Å²) < 4.78 is 9.42. The molecule has 1 amide bonds. The fourth-order valence-electron chi connectivity index (χ4n) is 4.73. The van der Waals surface area contributed by atoms with Gasteiger partial charge in [0.2, 0.25) is 5.91 Å². The van der Waals surface area contributed by atoms with Gasteiger partial charge in [0.15, 0.2) is 0 Å². The molecule has 38 heavy (non-hydrogen) atoms. The van der Waals surface area contributed by atoms with Crippen LogP contribution in [-0.4, -0.2) is 31.6 Å². The highest BCUT2D eigenvalue weighted by Gasteiger charge is 2.28. The molecule has 0 radical (unpaired) electrons. The van der Waals surface area contributed by atoms with E-state index in [-0.39, 0.29) is 23.8 Å². The number of piperidine rings is 1. The molecule has 6 heteroatoms. The maximum atomic E-state index is 13.2. The van der Waals surface area contributed by atoms with Crippen molar-refractivity contribution >= 4 is 17.9 Å². The van der Waals surface area contributed by atoms with Crippen LogP contribution in [0.1, 0.15) is 23.5 Å². The van der Waals surface area contributed by atoms with Gasteiger partial charge in [0.05, 0.1) is 5.92 Å². The average Bonchev–Trinajstić information content (AvgIpc) is 2.99. The summed E-state index contributed by atoms with van der Waals surface area (Å²) in [6, 6.07) is 38.8. The summed E-state index contributed by atoms with van der Waals surface area (Å²) in [4.78, 5) is 14.3. The quantitative estimate of drug-likeness (QED) is 0.223. The highest BCUT2D eigenvalue weighted by molar-refractivity contribution is 7.97. The summed E-state index contributed by atoms with van der Waals surface area (Å²) in [5.41, 5.74) is 2.41. The van der Waals surface area contributed by atoms with Crippen molar-refractivity contribution in [3.05, 3.63) is 126 Å². The number of carbonyl (C=O) groups is 1. The Labute approximate surface area is 229 Å². The Bertz CT molecular complexity index is 1230. The predicted octanol–water partition coefficient (Wildman–Crippen LogP) is 6.00. The van der Waals surface area contributed by atoms with E-state index in [0.717, 1.165) is 29.4 Å². The van der Waals surface area contributed by atoms with Crippen molar-refractivity contribution in [3.63, 3.8) is 0 Å². The lowest BCUT2D eigenvalue weighted by Crippen LogP contribution is -2.49. The van der Waals surface area contributed by atoms with Crippen LogP contribution in [0.4, 0.5) is 0 Å². The van der Waals surface area contributed by atoms with Gasteiger partial charge >= 0.3 is 0 Å². The molecular formula is C32H33N3O2S. The van der Waals surface area contributed by atoms with E-state index in [0.29, 0.717) is 13.1 Å². The van der Waals surface area contributed by atoms with Gasteiger partial charge in [-0.25, -0.2) is 0 Å². The van der Waals surface area contributed by atoms with Gasteiger partial charge < -0.3 is 15.4 Å². The molecule has 1 saturated heterocycles. The normalized spacial score (nSPS) is 17.2. The van der Waals surface area contributed by atoms with E-state index in [4.69, 9.17) is 4.74 Å². The first-order valence-corrected chi connectivity index (χ1v) is 13.9. The first-order chi connectivity index (χ1) is 18.7. The second-order valence-corrected chi connectivity index (χ2v) is 10.4. The molecule has 0 bridgehead atoms. The molecule has 0 saturated carbocycles. The molecule has 0 spiro atoms. The van der Waals surface area contributed by atoms with Crippen LogP contribution in [0, 0.1) is 5.92 Å². The van der Waals surface area contributed by atoms with E-state index >= 15 is 0 Å². The number of ether oxygens (including phenoxy) is 1. The highest BCUT2D eigenvalue weighted by Crippen LogP contribution is 2.26. The Kier molecular flexibility index (Phi) is 9.11. The number of rotatable bonds is 10. The van der Waals surface area contributed by atoms with Crippen molar-refractivity contribution < 1.29 is 9.53 Å². The first-order valence-electron chi connectivity index (χ1n) is 13.1. The third-order valence-corrected chi connectivity index (χ3v) is 7.71. The Morgan fingerprint density at radius 1 is 0.789 bits per heavy atom. The molecule has 4 aromatic carbocycles. The summed E-state index contributed by atoms with van der Waals surface area (Å²) in [6.07, 6.45) is 0.794. The van der Waals surface area contributed by atoms with E-state index < -0.39 is 0 Å². The summed E-state index contributed by atoms with van der Waals surface area (Å²) in [5.74, 6) is 1.78. The van der Waals surface area contributed by atoms with E-state index in [9.17, 15) is 4.79 Å². The molecule has 0 aliphatic carbocycles. The third-order valence-electron chi connectivity index (χ3n) is 6.75. The van der Waals surface area contributed by atoms with Gasteiger partial charge in [-0.2, -0.15) is 0 Å². The SMILES string of the molecule is O=C(NCC(c1ccccc1)c1ccccc1)C1CNCC(NSc2ccc(Oc3ccccc3)cc2)C1. The molecule has 4 aromatic rings. The van der Waals surface area contributed by atoms with Crippen LogP contribution in [0.5, 0.6) is 11.5 Å². The van der Waals surface area contributed by atoms with Crippen LogP contribution in [0.3, 0.4) is 0 Å². The van der Waals surface area contributed by atoms with Crippen LogP contribution < -0.4 is 20.1 Å². The molecule has 1 fully saturated rings. The van der Waals surface area contributed by atoms with E-state index in [2.05, 4.69) is 63.9 Å². The predicted molar refractivity (Wildman–Crippen MR) is 154 cm³/mol. The molecular weight excluding hydrogens is 490 g/mol. The fraction of sp³-hybridized carbons (Fsp3) is 0.219. The Balaban J connectivity index is 1.12. The number of hydrogen-bond donors (Lipinski definition) is 3. The molecule has 2 unspecified atom stereocenters. The molecule has 1 heterocycles. The van der Waals surface area contributed by atoms with Crippen molar-refractivity contribution in [3.8, 4) is 11.5 Å². The highest BCUT2D eigenvalue weighted by atomic mass is 32.2. The Morgan fingerprint density at radius 3 is 2.00 bits per heavy atom. The number of carbonyl (C=O) groups excluding carboxylic acids is 1. The Morgan fingerprint density at radius 2 is 1.37 bits per heavy atom. The van der Waals surface area contributed by atoms with Crippen molar-refractivity contribution in [2.24, 2.45) is 5.92 Å². The number of benzene rings is 4. The zero-order chi connectivity index (χ0) is 26.0. The molecule has 3 N–H and O–H groups in total. The maximum Gasteiger partial charge on any atom is 0.224 e. The minimum atomic E-state index is -0.0734. The molecule has 1 aliphatic rings. The maximum absolute atomic E-state index is 13.2. The van der Waals surface area contributed by atoms with Crippen molar-refractivity contribution in [2.75, 3.05) is 19.6 Å². The van der Waals surface area contributed by atoms with Crippen molar-refractivity contribution in [1.29, 1.82) is 0 Å². The molecule has 2 atom stereocenters. The smallest absolute Gasteiger partial charge is 0.224 e. The van der Waals surface area contributed by atoms with Gasteiger partial charge in [-0.05, 0) is 65.9 Å².